The number of nitrogens with one attached hydrogen (secondary N) is 1. The molecule has 0 aliphatic heterocycles. The van der Waals surface area contributed by atoms with Crippen molar-refractivity contribution in [2.24, 2.45) is 10.5 Å². The third-order valence-corrected chi connectivity index (χ3v) is 2.94. The molecule has 0 unspecified atom stereocenters. The Morgan fingerprint density at radius 2 is 1.62 bits per heavy atom. The van der Waals surface area contributed by atoms with Gasteiger partial charge in [-0.05, 0) is 41.2 Å². The molecule has 0 spiro atoms. The minimum Gasteiger partial charge on any atom is -0.495 e. The van der Waals surface area contributed by atoms with Crippen LogP contribution in [0.4, 0.5) is 5.69 Å². The second kappa shape index (κ2) is 10.0. The van der Waals surface area contributed by atoms with Gasteiger partial charge in [0.1, 0.15) is 5.75 Å². The summed E-state index contributed by atoms with van der Waals surface area (Å²) in [6.45, 7) is 6.32. The minimum atomic E-state index is 0.0390. The minimum absolute atomic E-state index is 0.0390. The molecule has 0 heterocycles. The number of hydrazone groups is 1. The summed E-state index contributed by atoms with van der Waals surface area (Å²) < 4.78 is 5.38. The van der Waals surface area contributed by atoms with Crippen LogP contribution in [0.1, 0.15) is 20.8 Å². The predicted molar refractivity (Wildman–Crippen MR) is 109 cm³/mol. The van der Waals surface area contributed by atoms with Crippen LogP contribution in [0.25, 0.3) is 11.1 Å². The van der Waals surface area contributed by atoms with E-state index in [1.807, 2.05) is 55.1 Å². The van der Waals surface area contributed by atoms with Gasteiger partial charge in [-0.2, -0.15) is 16.9 Å². The second-order valence-corrected chi connectivity index (χ2v) is 7.24. The third kappa shape index (κ3) is 7.09. The molecular formula is C20H28N2OS. The molecule has 0 amide bonds. The Morgan fingerprint density at radius 1 is 1.00 bits per heavy atom. The number of thioether (sulfide) groups is 1. The Hall–Kier alpha value is -1.94. The van der Waals surface area contributed by atoms with Gasteiger partial charge in [0, 0.05) is 6.21 Å². The van der Waals surface area contributed by atoms with Gasteiger partial charge in [0.2, 0.25) is 0 Å². The maximum Gasteiger partial charge on any atom is 0.143 e. The zero-order valence-corrected chi connectivity index (χ0v) is 16.3. The summed E-state index contributed by atoms with van der Waals surface area (Å²) in [7, 11) is 1.66. The van der Waals surface area contributed by atoms with Crippen molar-refractivity contribution in [3.8, 4) is 16.9 Å². The molecule has 0 bridgehead atoms. The van der Waals surface area contributed by atoms with Gasteiger partial charge < -0.3 is 4.74 Å². The van der Waals surface area contributed by atoms with E-state index < -0.39 is 0 Å². The van der Waals surface area contributed by atoms with E-state index in [0.29, 0.717) is 0 Å². The van der Waals surface area contributed by atoms with Crippen LogP contribution >= 0.6 is 11.8 Å². The fourth-order valence-corrected chi connectivity index (χ4v) is 1.90. The van der Waals surface area contributed by atoms with Gasteiger partial charge in [0.05, 0.1) is 12.8 Å². The Morgan fingerprint density at radius 3 is 2.17 bits per heavy atom. The molecule has 3 nitrogen and oxygen atoms in total. The molecule has 2 aromatic carbocycles. The van der Waals surface area contributed by atoms with Crippen LogP contribution in [0.2, 0.25) is 0 Å². The van der Waals surface area contributed by atoms with E-state index in [1.54, 1.807) is 18.9 Å². The number of hydrogen-bond donors (Lipinski definition) is 1. The number of ether oxygens (including phenoxy) is 1. The van der Waals surface area contributed by atoms with E-state index in [1.165, 1.54) is 5.56 Å². The molecule has 1 N–H and O–H groups in total. The maximum atomic E-state index is 5.38. The summed E-state index contributed by atoms with van der Waals surface area (Å²) >= 11 is 1.75. The molecular weight excluding hydrogens is 316 g/mol. The molecule has 4 heteroatoms. The monoisotopic (exact) mass is 344 g/mol. The van der Waals surface area contributed by atoms with Crippen LogP contribution in [0.5, 0.6) is 5.75 Å². The topological polar surface area (TPSA) is 33.6 Å². The van der Waals surface area contributed by atoms with E-state index >= 15 is 0 Å². The van der Waals surface area contributed by atoms with E-state index in [0.717, 1.165) is 17.0 Å². The van der Waals surface area contributed by atoms with E-state index in [-0.39, 0.29) is 5.41 Å². The van der Waals surface area contributed by atoms with Gasteiger partial charge >= 0.3 is 0 Å². The smallest absolute Gasteiger partial charge is 0.143 e. The molecule has 0 aliphatic carbocycles. The average Bonchev–Trinajstić information content (AvgIpc) is 2.55. The largest absolute Gasteiger partial charge is 0.495 e. The molecule has 0 aromatic heterocycles. The lowest BCUT2D eigenvalue weighted by atomic mass is 9.99. The molecule has 0 fully saturated rings. The number of methoxy groups -OCH3 is 1. The molecule has 24 heavy (non-hydrogen) atoms. The zero-order valence-electron chi connectivity index (χ0n) is 15.5. The summed E-state index contributed by atoms with van der Waals surface area (Å²) in [4.78, 5) is 0. The quantitative estimate of drug-likeness (QED) is 0.563. The normalized spacial score (nSPS) is 10.9. The number of anilines is 1. The van der Waals surface area contributed by atoms with Crippen molar-refractivity contribution >= 4 is 23.7 Å². The van der Waals surface area contributed by atoms with Crippen molar-refractivity contribution in [1.29, 1.82) is 0 Å². The molecule has 0 radical (unpaired) electrons. The van der Waals surface area contributed by atoms with E-state index in [4.69, 9.17) is 4.74 Å². The van der Waals surface area contributed by atoms with Crippen molar-refractivity contribution in [2.45, 2.75) is 20.8 Å². The molecule has 0 saturated carbocycles. The highest BCUT2D eigenvalue weighted by Crippen LogP contribution is 2.30. The summed E-state index contributed by atoms with van der Waals surface area (Å²) in [5.74, 6) is 0.778. The highest BCUT2D eigenvalue weighted by atomic mass is 32.2. The Balaban J connectivity index is 0.000000891. The predicted octanol–water partition coefficient (Wildman–Crippen LogP) is 5.79. The fraction of sp³-hybridized carbons (Fsp3) is 0.350. The average molecular weight is 345 g/mol. The van der Waals surface area contributed by atoms with Crippen LogP contribution < -0.4 is 10.2 Å². The first-order valence-electron chi connectivity index (χ1n) is 7.85. The summed E-state index contributed by atoms with van der Waals surface area (Å²) in [5.41, 5.74) is 6.27. The van der Waals surface area contributed by atoms with Crippen molar-refractivity contribution in [2.75, 3.05) is 25.0 Å². The first kappa shape index (κ1) is 20.1. The lowest BCUT2D eigenvalue weighted by molar-refractivity contribution is 0.416. The summed E-state index contributed by atoms with van der Waals surface area (Å²) in [6, 6.07) is 16.3. The van der Waals surface area contributed by atoms with Crippen LogP contribution in [-0.2, 0) is 0 Å². The highest BCUT2D eigenvalue weighted by molar-refractivity contribution is 7.97. The van der Waals surface area contributed by atoms with Crippen molar-refractivity contribution < 1.29 is 4.74 Å². The Kier molecular flexibility index (Phi) is 8.41. The Labute approximate surface area is 150 Å². The van der Waals surface area contributed by atoms with Gasteiger partial charge in [-0.15, -0.1) is 0 Å². The van der Waals surface area contributed by atoms with Crippen LogP contribution in [0, 0.1) is 5.41 Å². The van der Waals surface area contributed by atoms with Crippen LogP contribution in [-0.4, -0.2) is 25.8 Å². The van der Waals surface area contributed by atoms with Gasteiger partial charge in [0.25, 0.3) is 0 Å². The van der Waals surface area contributed by atoms with E-state index in [9.17, 15) is 0 Å². The number of hydrogen-bond acceptors (Lipinski definition) is 4. The standard InChI is InChI=1S/C18H22N2O.C2H6S/c1-18(2,3)13-19-20-16-12-15(10-11-17(16)21-4)14-8-6-5-7-9-14;1-3-2/h5-13,20H,1-4H3;1-2H3/b19-13+;. The van der Waals surface area contributed by atoms with Gasteiger partial charge in [0.15, 0.2) is 0 Å². The molecule has 130 valence electrons. The Bertz CT molecular complexity index is 634. The molecule has 0 aliphatic rings. The molecule has 0 saturated heterocycles. The summed E-state index contributed by atoms with van der Waals surface area (Å²) in [6.07, 6.45) is 5.97. The lowest BCUT2D eigenvalue weighted by Gasteiger charge is -2.13. The maximum absolute atomic E-state index is 5.38. The zero-order chi connectivity index (χ0) is 18.0. The van der Waals surface area contributed by atoms with Crippen molar-refractivity contribution in [1.82, 2.24) is 0 Å². The van der Waals surface area contributed by atoms with Gasteiger partial charge in [-0.3, -0.25) is 5.43 Å². The molecule has 0 atom stereocenters. The highest BCUT2D eigenvalue weighted by Gasteiger charge is 2.07. The first-order valence-corrected chi connectivity index (χ1v) is 9.48. The van der Waals surface area contributed by atoms with Crippen LogP contribution in [0.15, 0.2) is 53.6 Å². The first-order chi connectivity index (χ1) is 11.4. The SMILES string of the molecule is COc1ccc(-c2ccccc2)cc1N/N=C/C(C)(C)C.CSC. The van der Waals surface area contributed by atoms with Crippen molar-refractivity contribution in [3.05, 3.63) is 48.5 Å². The third-order valence-electron chi connectivity index (χ3n) is 2.94. The van der Waals surface area contributed by atoms with Crippen molar-refractivity contribution in [3.63, 3.8) is 0 Å². The van der Waals surface area contributed by atoms with Gasteiger partial charge in [-0.25, -0.2) is 0 Å². The molecule has 2 rings (SSSR count). The number of nitrogens with zero attached hydrogens (tertiary/aromatic N) is 1. The fourth-order valence-electron chi connectivity index (χ4n) is 1.90. The van der Waals surface area contributed by atoms with E-state index in [2.05, 4.69) is 43.4 Å². The number of benzene rings is 2. The summed E-state index contributed by atoms with van der Waals surface area (Å²) in [5, 5.41) is 4.30. The van der Waals surface area contributed by atoms with Crippen LogP contribution in [0.3, 0.4) is 0 Å². The number of rotatable bonds is 4. The van der Waals surface area contributed by atoms with Gasteiger partial charge in [-0.1, -0.05) is 57.2 Å². The lowest BCUT2D eigenvalue weighted by Crippen LogP contribution is -2.07. The molecule has 2 aromatic rings. The second-order valence-electron chi connectivity index (χ2n) is 6.43.